The summed E-state index contributed by atoms with van der Waals surface area (Å²) < 4.78 is 54.5. The standard InChI is InChI=1S/C17H25N3O4S2.ClH/c18-17-7-6-13-11-20(12-16(13)17)26(23,24)15-5-3-4-14(10-15)25(21,22)19-8-1-2-9-19;/h3-5,10,13,16-17H,1-2,6-9,11-12,18H2;1H. The first-order valence-corrected chi connectivity index (χ1v) is 12.0. The van der Waals surface area contributed by atoms with Crippen LogP contribution in [0.1, 0.15) is 25.7 Å². The van der Waals surface area contributed by atoms with Gasteiger partial charge in [-0.25, -0.2) is 16.8 Å². The SMILES string of the molecule is Cl.NC1CCC2CN(S(=O)(=O)c3cccc(S(=O)(=O)N4CCCC4)c3)CC12. The summed E-state index contributed by atoms with van der Waals surface area (Å²) >= 11 is 0. The average molecular weight is 436 g/mol. The second kappa shape index (κ2) is 7.61. The van der Waals surface area contributed by atoms with E-state index in [1.54, 1.807) is 0 Å². The van der Waals surface area contributed by atoms with E-state index in [-0.39, 0.29) is 34.2 Å². The van der Waals surface area contributed by atoms with E-state index in [9.17, 15) is 16.8 Å². The van der Waals surface area contributed by atoms with Gasteiger partial charge in [-0.15, -0.1) is 12.4 Å². The van der Waals surface area contributed by atoms with Crippen molar-refractivity contribution in [1.82, 2.24) is 8.61 Å². The molecule has 3 fully saturated rings. The van der Waals surface area contributed by atoms with Gasteiger partial charge in [-0.05, 0) is 55.7 Å². The molecule has 0 aromatic heterocycles. The van der Waals surface area contributed by atoms with E-state index < -0.39 is 20.0 Å². The molecule has 0 radical (unpaired) electrons. The van der Waals surface area contributed by atoms with E-state index in [0.29, 0.717) is 32.1 Å². The number of benzene rings is 1. The molecule has 27 heavy (non-hydrogen) atoms. The molecule has 7 nitrogen and oxygen atoms in total. The van der Waals surface area contributed by atoms with Crippen LogP contribution < -0.4 is 5.73 Å². The van der Waals surface area contributed by atoms with E-state index in [4.69, 9.17) is 5.73 Å². The molecule has 0 amide bonds. The molecule has 3 unspecified atom stereocenters. The summed E-state index contributed by atoms with van der Waals surface area (Å²) in [6, 6.07) is 5.82. The van der Waals surface area contributed by atoms with Crippen LogP contribution in [-0.2, 0) is 20.0 Å². The molecule has 4 rings (SSSR count). The van der Waals surface area contributed by atoms with E-state index in [1.165, 1.54) is 32.9 Å². The number of fused-ring (bicyclic) bond motifs is 1. The van der Waals surface area contributed by atoms with E-state index >= 15 is 0 Å². The first kappa shape index (κ1) is 21.0. The summed E-state index contributed by atoms with van der Waals surface area (Å²) in [6.45, 7) is 1.89. The lowest BCUT2D eigenvalue weighted by Crippen LogP contribution is -2.33. The van der Waals surface area contributed by atoms with E-state index in [1.807, 2.05) is 0 Å². The molecular weight excluding hydrogens is 410 g/mol. The summed E-state index contributed by atoms with van der Waals surface area (Å²) in [4.78, 5) is 0.0999. The third-order valence-corrected chi connectivity index (χ3v) is 9.75. The minimum Gasteiger partial charge on any atom is -0.327 e. The van der Waals surface area contributed by atoms with Crippen LogP contribution in [0.25, 0.3) is 0 Å². The Morgan fingerprint density at radius 2 is 1.48 bits per heavy atom. The smallest absolute Gasteiger partial charge is 0.243 e. The Labute approximate surface area is 167 Å². The lowest BCUT2D eigenvalue weighted by molar-refractivity contribution is 0.427. The van der Waals surface area contributed by atoms with Gasteiger partial charge in [0.25, 0.3) is 0 Å². The summed E-state index contributed by atoms with van der Waals surface area (Å²) in [5.41, 5.74) is 6.11. The van der Waals surface area contributed by atoms with Crippen LogP contribution in [0.15, 0.2) is 34.1 Å². The van der Waals surface area contributed by atoms with Crippen LogP contribution in [0.5, 0.6) is 0 Å². The van der Waals surface area contributed by atoms with Gasteiger partial charge < -0.3 is 5.73 Å². The molecule has 0 bridgehead atoms. The van der Waals surface area contributed by atoms with Gasteiger partial charge in [0, 0.05) is 32.2 Å². The highest BCUT2D eigenvalue weighted by Gasteiger charge is 2.45. The Balaban J connectivity index is 0.00000210. The third kappa shape index (κ3) is 3.65. The molecule has 2 N–H and O–H groups in total. The predicted molar refractivity (Wildman–Crippen MR) is 105 cm³/mol. The molecule has 10 heteroatoms. The second-order valence-electron chi connectivity index (χ2n) is 7.57. The topological polar surface area (TPSA) is 101 Å². The van der Waals surface area contributed by atoms with Crippen molar-refractivity contribution < 1.29 is 16.8 Å². The number of sulfonamides is 2. The molecule has 1 aliphatic carbocycles. The van der Waals surface area contributed by atoms with Crippen molar-refractivity contribution in [1.29, 1.82) is 0 Å². The first-order chi connectivity index (χ1) is 12.3. The fourth-order valence-corrected chi connectivity index (χ4v) is 7.70. The molecule has 2 heterocycles. The first-order valence-electron chi connectivity index (χ1n) is 9.16. The zero-order valence-electron chi connectivity index (χ0n) is 15.0. The van der Waals surface area contributed by atoms with Crippen molar-refractivity contribution in [3.8, 4) is 0 Å². The monoisotopic (exact) mass is 435 g/mol. The Morgan fingerprint density at radius 3 is 2.07 bits per heavy atom. The van der Waals surface area contributed by atoms with Crippen molar-refractivity contribution >= 4 is 32.5 Å². The zero-order chi connectivity index (χ0) is 18.5. The van der Waals surface area contributed by atoms with Crippen LogP contribution in [0, 0.1) is 11.8 Å². The Morgan fingerprint density at radius 1 is 0.889 bits per heavy atom. The van der Waals surface area contributed by atoms with E-state index in [2.05, 4.69) is 0 Å². The molecule has 1 aromatic carbocycles. The third-order valence-electron chi connectivity index (χ3n) is 6.02. The van der Waals surface area contributed by atoms with Crippen molar-refractivity contribution in [2.45, 2.75) is 41.5 Å². The molecular formula is C17H26ClN3O4S2. The number of hydrogen-bond donors (Lipinski definition) is 1. The van der Waals surface area contributed by atoms with Crippen LogP contribution in [0.2, 0.25) is 0 Å². The van der Waals surface area contributed by atoms with Gasteiger partial charge in [0.1, 0.15) is 0 Å². The van der Waals surface area contributed by atoms with Crippen molar-refractivity contribution in [3.63, 3.8) is 0 Å². The van der Waals surface area contributed by atoms with Crippen molar-refractivity contribution in [3.05, 3.63) is 24.3 Å². The van der Waals surface area contributed by atoms with Gasteiger partial charge in [-0.2, -0.15) is 8.61 Å². The van der Waals surface area contributed by atoms with Gasteiger partial charge in [0.2, 0.25) is 20.0 Å². The fourth-order valence-electron chi connectivity index (χ4n) is 4.48. The van der Waals surface area contributed by atoms with Gasteiger partial charge in [0.15, 0.2) is 0 Å². The van der Waals surface area contributed by atoms with Crippen LogP contribution in [-0.4, -0.2) is 57.7 Å². The molecule has 2 aliphatic heterocycles. The largest absolute Gasteiger partial charge is 0.327 e. The molecule has 0 spiro atoms. The quantitative estimate of drug-likeness (QED) is 0.766. The fraction of sp³-hybridized carbons (Fsp3) is 0.647. The summed E-state index contributed by atoms with van der Waals surface area (Å²) in [7, 11) is -7.35. The Hall–Kier alpha value is -0.710. The molecule has 2 saturated heterocycles. The molecule has 1 saturated carbocycles. The highest BCUT2D eigenvalue weighted by molar-refractivity contribution is 7.90. The molecule has 3 aliphatic rings. The number of hydrogen-bond acceptors (Lipinski definition) is 5. The maximum atomic E-state index is 13.0. The summed E-state index contributed by atoms with van der Waals surface area (Å²) in [5.74, 6) is 0.526. The van der Waals surface area contributed by atoms with Crippen LogP contribution >= 0.6 is 12.4 Å². The number of nitrogens with two attached hydrogens (primary N) is 1. The van der Waals surface area contributed by atoms with Gasteiger partial charge in [-0.3, -0.25) is 0 Å². The second-order valence-corrected chi connectivity index (χ2v) is 11.4. The zero-order valence-corrected chi connectivity index (χ0v) is 17.5. The minimum absolute atomic E-state index is 0. The van der Waals surface area contributed by atoms with Crippen molar-refractivity contribution in [2.75, 3.05) is 26.2 Å². The summed E-state index contributed by atoms with van der Waals surface area (Å²) in [5, 5.41) is 0. The maximum absolute atomic E-state index is 13.0. The molecule has 1 aromatic rings. The normalized spacial score (nSPS) is 29.6. The highest BCUT2D eigenvalue weighted by Crippen LogP contribution is 2.39. The van der Waals surface area contributed by atoms with Crippen LogP contribution in [0.3, 0.4) is 0 Å². The van der Waals surface area contributed by atoms with Gasteiger partial charge in [-0.1, -0.05) is 6.07 Å². The van der Waals surface area contributed by atoms with E-state index in [0.717, 1.165) is 25.7 Å². The number of nitrogens with zero attached hydrogens (tertiary/aromatic N) is 2. The van der Waals surface area contributed by atoms with Gasteiger partial charge >= 0.3 is 0 Å². The van der Waals surface area contributed by atoms with Gasteiger partial charge in [0.05, 0.1) is 9.79 Å². The molecule has 3 atom stereocenters. The summed E-state index contributed by atoms with van der Waals surface area (Å²) in [6.07, 6.45) is 3.59. The lowest BCUT2D eigenvalue weighted by atomic mass is 9.98. The molecule has 152 valence electrons. The van der Waals surface area contributed by atoms with Crippen LogP contribution in [0.4, 0.5) is 0 Å². The highest BCUT2D eigenvalue weighted by atomic mass is 35.5. The minimum atomic E-state index is -3.72. The average Bonchev–Trinajstić information content (AvgIpc) is 3.34. The predicted octanol–water partition coefficient (Wildman–Crippen LogP) is 1.25. The number of halogens is 1. The Bertz CT molecular complexity index is 901. The maximum Gasteiger partial charge on any atom is 0.243 e. The van der Waals surface area contributed by atoms with Crippen molar-refractivity contribution in [2.24, 2.45) is 17.6 Å². The number of rotatable bonds is 4. The Kier molecular flexibility index (Phi) is 5.92. The lowest BCUT2D eigenvalue weighted by Gasteiger charge is -2.20.